The Bertz CT molecular complexity index is 1150. The van der Waals surface area contributed by atoms with Gasteiger partial charge in [-0.25, -0.2) is 0 Å². The fraction of sp³-hybridized carbons (Fsp3) is 0.0952. The molecule has 1 amide bonds. The number of rotatable bonds is 3. The summed E-state index contributed by atoms with van der Waals surface area (Å²) < 4.78 is 5.06. The Labute approximate surface area is 170 Å². The molecule has 2 heterocycles. The first-order valence-corrected chi connectivity index (χ1v) is 9.04. The van der Waals surface area contributed by atoms with Crippen LogP contribution in [-0.2, 0) is 9.59 Å². The number of ketones is 1. The lowest BCUT2D eigenvalue weighted by Crippen LogP contribution is -2.29. The molecule has 29 heavy (non-hydrogen) atoms. The maximum atomic E-state index is 12.9. The largest absolute Gasteiger partial charge is 0.508 e. The second-order valence-electron chi connectivity index (χ2n) is 6.57. The highest BCUT2D eigenvalue weighted by Gasteiger charge is 2.48. The summed E-state index contributed by atoms with van der Waals surface area (Å²) in [4.78, 5) is 26.9. The Kier molecular flexibility index (Phi) is 4.60. The first-order valence-electron chi connectivity index (χ1n) is 8.66. The second-order valence-corrected chi connectivity index (χ2v) is 7.00. The molecule has 0 spiro atoms. The van der Waals surface area contributed by atoms with Crippen molar-refractivity contribution in [2.24, 2.45) is 0 Å². The quantitative estimate of drug-likeness (QED) is 0.384. The number of carbonyl (C=O) groups is 2. The van der Waals surface area contributed by atoms with E-state index in [9.17, 15) is 19.8 Å². The van der Waals surface area contributed by atoms with Crippen LogP contribution in [0.2, 0.25) is 5.02 Å². The van der Waals surface area contributed by atoms with E-state index in [-0.39, 0.29) is 22.9 Å². The van der Waals surface area contributed by atoms with Crippen molar-refractivity contribution in [3.05, 3.63) is 82.1 Å². The summed E-state index contributed by atoms with van der Waals surface area (Å²) >= 11 is 5.90. The molecule has 0 radical (unpaired) electrons. The number of anilines is 1. The smallest absolute Gasteiger partial charge is 0.301 e. The molecule has 8 heteroatoms. The summed E-state index contributed by atoms with van der Waals surface area (Å²) in [5.41, 5.74) is 0.637. The molecule has 0 aliphatic carbocycles. The van der Waals surface area contributed by atoms with Gasteiger partial charge in [0.2, 0.25) is 0 Å². The van der Waals surface area contributed by atoms with Gasteiger partial charge < -0.3 is 14.7 Å². The van der Waals surface area contributed by atoms with Crippen molar-refractivity contribution in [1.29, 1.82) is 0 Å². The number of aliphatic hydroxyl groups excluding tert-OH is 1. The molecule has 1 aliphatic rings. The molecular formula is C21H15ClN2O5. The molecule has 0 bridgehead atoms. The van der Waals surface area contributed by atoms with Crippen molar-refractivity contribution in [1.82, 2.24) is 5.16 Å². The minimum atomic E-state index is -0.998. The van der Waals surface area contributed by atoms with E-state index in [2.05, 4.69) is 5.16 Å². The zero-order valence-corrected chi connectivity index (χ0v) is 15.9. The third-order valence-corrected chi connectivity index (χ3v) is 4.86. The fourth-order valence-electron chi connectivity index (χ4n) is 3.31. The van der Waals surface area contributed by atoms with Crippen LogP contribution in [0.25, 0.3) is 5.76 Å². The average Bonchev–Trinajstić information content (AvgIpc) is 3.23. The average molecular weight is 411 g/mol. The van der Waals surface area contributed by atoms with Gasteiger partial charge in [-0.3, -0.25) is 14.5 Å². The van der Waals surface area contributed by atoms with E-state index in [0.29, 0.717) is 21.9 Å². The molecule has 146 valence electrons. The highest BCUT2D eigenvalue weighted by atomic mass is 35.5. The van der Waals surface area contributed by atoms with Crippen molar-refractivity contribution in [2.45, 2.75) is 13.0 Å². The number of phenols is 1. The van der Waals surface area contributed by atoms with Crippen LogP contribution in [0, 0.1) is 6.92 Å². The number of Topliss-reactive ketones (excluding diaryl/α,β-unsaturated/α-hetero) is 1. The maximum Gasteiger partial charge on any atom is 0.301 e. The lowest BCUT2D eigenvalue weighted by Gasteiger charge is -2.22. The van der Waals surface area contributed by atoms with Gasteiger partial charge in [-0.2, -0.15) is 0 Å². The Morgan fingerprint density at radius 1 is 1.14 bits per heavy atom. The third kappa shape index (κ3) is 3.25. The summed E-state index contributed by atoms with van der Waals surface area (Å²) in [6.45, 7) is 1.66. The number of halogens is 1. The predicted molar refractivity (Wildman–Crippen MR) is 106 cm³/mol. The first-order chi connectivity index (χ1) is 13.9. The number of hydrogen-bond acceptors (Lipinski definition) is 6. The molecule has 1 aliphatic heterocycles. The van der Waals surface area contributed by atoms with E-state index in [1.807, 2.05) is 0 Å². The maximum absolute atomic E-state index is 12.9. The van der Waals surface area contributed by atoms with E-state index < -0.39 is 17.7 Å². The molecule has 0 unspecified atom stereocenters. The van der Waals surface area contributed by atoms with Crippen LogP contribution in [0.3, 0.4) is 0 Å². The topological polar surface area (TPSA) is 104 Å². The predicted octanol–water partition coefficient (Wildman–Crippen LogP) is 3.97. The van der Waals surface area contributed by atoms with Gasteiger partial charge in [0.25, 0.3) is 5.78 Å². The summed E-state index contributed by atoms with van der Waals surface area (Å²) in [7, 11) is 0. The van der Waals surface area contributed by atoms with Crippen molar-refractivity contribution < 1.29 is 24.3 Å². The number of aliphatic hydroxyl groups is 1. The zero-order chi connectivity index (χ0) is 20.7. The summed E-state index contributed by atoms with van der Waals surface area (Å²) in [6, 6.07) is 12.9. The van der Waals surface area contributed by atoms with Crippen LogP contribution in [0.5, 0.6) is 5.75 Å². The number of hydrogen-bond donors (Lipinski definition) is 2. The van der Waals surface area contributed by atoms with Crippen LogP contribution in [0.4, 0.5) is 5.82 Å². The van der Waals surface area contributed by atoms with Crippen LogP contribution >= 0.6 is 11.6 Å². The van der Waals surface area contributed by atoms with E-state index in [1.165, 1.54) is 18.2 Å². The number of aromatic nitrogens is 1. The molecule has 1 aromatic heterocycles. The Morgan fingerprint density at radius 3 is 2.48 bits per heavy atom. The lowest BCUT2D eigenvalue weighted by atomic mass is 9.95. The molecule has 4 rings (SSSR count). The molecule has 1 atom stereocenters. The van der Waals surface area contributed by atoms with Gasteiger partial charge in [0.1, 0.15) is 17.3 Å². The van der Waals surface area contributed by atoms with Crippen LogP contribution in [0.1, 0.15) is 22.9 Å². The van der Waals surface area contributed by atoms with Gasteiger partial charge in [-0.05, 0) is 48.9 Å². The number of aryl methyl sites for hydroxylation is 1. The number of carbonyl (C=O) groups excluding carboxylic acids is 2. The van der Waals surface area contributed by atoms with Gasteiger partial charge in [0.15, 0.2) is 5.82 Å². The molecule has 2 N–H and O–H groups in total. The summed E-state index contributed by atoms with van der Waals surface area (Å²) in [6.07, 6.45) is 0. The second kappa shape index (κ2) is 7.10. The third-order valence-electron chi connectivity index (χ3n) is 4.61. The van der Waals surface area contributed by atoms with Crippen LogP contribution < -0.4 is 4.90 Å². The molecular weight excluding hydrogens is 396 g/mol. The first kappa shape index (κ1) is 18.8. The van der Waals surface area contributed by atoms with Gasteiger partial charge in [-0.15, -0.1) is 0 Å². The Balaban J connectivity index is 1.95. The fourth-order valence-corrected chi connectivity index (χ4v) is 3.44. The minimum Gasteiger partial charge on any atom is -0.508 e. The highest BCUT2D eigenvalue weighted by Crippen LogP contribution is 2.42. The zero-order valence-electron chi connectivity index (χ0n) is 15.2. The van der Waals surface area contributed by atoms with Gasteiger partial charge in [0.05, 0.1) is 11.6 Å². The van der Waals surface area contributed by atoms with Crippen molar-refractivity contribution in [3.8, 4) is 5.75 Å². The SMILES string of the molecule is Cc1cc(N2C(=O)C(=O)/C(=C(/O)c3ccc(Cl)cc3)[C@H]2c2cccc(O)c2)no1. The molecule has 1 fully saturated rings. The molecule has 1 saturated heterocycles. The lowest BCUT2D eigenvalue weighted by molar-refractivity contribution is -0.132. The van der Waals surface area contributed by atoms with Gasteiger partial charge >= 0.3 is 5.91 Å². The monoisotopic (exact) mass is 410 g/mol. The molecule has 7 nitrogen and oxygen atoms in total. The van der Waals surface area contributed by atoms with Crippen LogP contribution in [-0.4, -0.2) is 27.1 Å². The van der Waals surface area contributed by atoms with Crippen molar-refractivity contribution in [2.75, 3.05) is 4.90 Å². The van der Waals surface area contributed by atoms with Gasteiger partial charge in [-0.1, -0.05) is 28.9 Å². The number of benzene rings is 2. The van der Waals surface area contributed by atoms with Crippen molar-refractivity contribution in [3.63, 3.8) is 0 Å². The standard InChI is InChI=1S/C21H15ClN2O5/c1-11-9-16(23-29-11)24-18(13-3-2-4-15(25)10-13)17(20(27)21(24)28)19(26)12-5-7-14(22)8-6-12/h2-10,18,25-26H,1H3/b19-17+/t18-/m1/s1. The number of phenolic OH excluding ortho intramolecular Hbond substituents is 1. The molecule has 0 saturated carbocycles. The summed E-state index contributed by atoms with van der Waals surface area (Å²) in [5.74, 6) is -1.54. The number of aromatic hydroxyl groups is 1. The normalized spacial score (nSPS) is 18.4. The van der Waals surface area contributed by atoms with Crippen LogP contribution in [0.15, 0.2) is 64.7 Å². The van der Waals surface area contributed by atoms with E-state index >= 15 is 0 Å². The highest BCUT2D eigenvalue weighted by molar-refractivity contribution is 6.51. The van der Waals surface area contributed by atoms with Crippen molar-refractivity contribution >= 4 is 34.9 Å². The summed E-state index contributed by atoms with van der Waals surface area (Å²) in [5, 5.41) is 25.1. The van der Waals surface area contributed by atoms with E-state index in [0.717, 1.165) is 4.90 Å². The molecule has 3 aromatic rings. The number of amides is 1. The van der Waals surface area contributed by atoms with E-state index in [1.54, 1.807) is 43.3 Å². The Morgan fingerprint density at radius 2 is 1.86 bits per heavy atom. The molecule has 2 aromatic carbocycles. The number of nitrogens with zero attached hydrogens (tertiary/aromatic N) is 2. The Hall–Kier alpha value is -3.58. The minimum absolute atomic E-state index is 0.0454. The van der Waals surface area contributed by atoms with Gasteiger partial charge in [0, 0.05) is 16.7 Å². The van der Waals surface area contributed by atoms with E-state index in [4.69, 9.17) is 16.1 Å².